The van der Waals surface area contributed by atoms with Gasteiger partial charge in [0.25, 0.3) is 0 Å². The number of carbonyl (C=O) groups is 1. The lowest BCUT2D eigenvalue weighted by molar-refractivity contribution is -0.121. The predicted molar refractivity (Wildman–Crippen MR) is 91.6 cm³/mol. The summed E-state index contributed by atoms with van der Waals surface area (Å²) in [6.07, 6.45) is 1.87. The van der Waals surface area contributed by atoms with Crippen molar-refractivity contribution < 1.29 is 14.3 Å². The van der Waals surface area contributed by atoms with Gasteiger partial charge in [0.15, 0.2) is 11.5 Å². The number of nitrogens with one attached hydrogen (secondary N) is 1. The molecule has 2 aromatic rings. The Morgan fingerprint density at radius 3 is 2.62 bits per heavy atom. The zero-order valence-electron chi connectivity index (χ0n) is 14.4. The minimum absolute atomic E-state index is 0.167. The highest BCUT2D eigenvalue weighted by Gasteiger charge is 2.05. The van der Waals surface area contributed by atoms with Crippen LogP contribution >= 0.6 is 0 Å². The van der Waals surface area contributed by atoms with E-state index in [9.17, 15) is 4.79 Å². The molecule has 7 nitrogen and oxygen atoms in total. The van der Waals surface area contributed by atoms with Gasteiger partial charge in [-0.15, -0.1) is 0 Å². The zero-order chi connectivity index (χ0) is 17.5. The lowest BCUT2D eigenvalue weighted by Crippen LogP contribution is -2.20. The van der Waals surface area contributed by atoms with Crippen molar-refractivity contribution in [3.8, 4) is 11.5 Å². The van der Waals surface area contributed by atoms with Crippen LogP contribution in [0.4, 0.5) is 0 Å². The third kappa shape index (κ3) is 4.58. The number of hydrogen-bond donors (Lipinski definition) is 1. The summed E-state index contributed by atoms with van der Waals surface area (Å²) in [6, 6.07) is 7.37. The maximum atomic E-state index is 11.8. The molecule has 0 atom stereocenters. The van der Waals surface area contributed by atoms with E-state index in [1.165, 1.54) is 0 Å². The van der Waals surface area contributed by atoms with E-state index in [0.29, 0.717) is 24.5 Å². The highest BCUT2D eigenvalue weighted by Crippen LogP contribution is 2.26. The SMILES string of the molecule is COc1ccc(/C=N\NC(=O)CCn2nc(C)cc2C)cc1OC. The van der Waals surface area contributed by atoms with Gasteiger partial charge in [-0.3, -0.25) is 9.48 Å². The van der Waals surface area contributed by atoms with Gasteiger partial charge in [0.2, 0.25) is 5.91 Å². The highest BCUT2D eigenvalue weighted by molar-refractivity contribution is 5.83. The Kier molecular flexibility index (Phi) is 5.95. The number of hydrazone groups is 1. The molecular weight excluding hydrogens is 308 g/mol. The van der Waals surface area contributed by atoms with Crippen molar-refractivity contribution in [2.45, 2.75) is 26.8 Å². The largest absolute Gasteiger partial charge is 0.493 e. The molecule has 1 heterocycles. The van der Waals surface area contributed by atoms with Gasteiger partial charge >= 0.3 is 0 Å². The molecule has 0 saturated carbocycles. The third-order valence-electron chi connectivity index (χ3n) is 3.46. The molecule has 128 valence electrons. The van der Waals surface area contributed by atoms with E-state index < -0.39 is 0 Å². The number of aryl methyl sites for hydroxylation is 3. The molecule has 7 heteroatoms. The molecule has 0 spiro atoms. The monoisotopic (exact) mass is 330 g/mol. The number of methoxy groups -OCH3 is 2. The van der Waals surface area contributed by atoms with Gasteiger partial charge < -0.3 is 9.47 Å². The number of carbonyl (C=O) groups excluding carboxylic acids is 1. The molecule has 0 unspecified atom stereocenters. The van der Waals surface area contributed by atoms with Crippen molar-refractivity contribution in [2.24, 2.45) is 5.10 Å². The molecule has 0 saturated heterocycles. The van der Waals surface area contributed by atoms with Gasteiger partial charge in [0.05, 0.1) is 32.7 Å². The molecule has 0 aliphatic heterocycles. The molecule has 24 heavy (non-hydrogen) atoms. The summed E-state index contributed by atoms with van der Waals surface area (Å²) in [4.78, 5) is 11.8. The summed E-state index contributed by atoms with van der Waals surface area (Å²) in [5.74, 6) is 1.08. The third-order valence-corrected chi connectivity index (χ3v) is 3.46. The Hall–Kier alpha value is -2.83. The van der Waals surface area contributed by atoms with E-state index >= 15 is 0 Å². The van der Waals surface area contributed by atoms with Gasteiger partial charge in [0.1, 0.15) is 0 Å². The smallest absolute Gasteiger partial charge is 0.241 e. The number of amides is 1. The van der Waals surface area contributed by atoms with Crippen LogP contribution in [0.2, 0.25) is 0 Å². The average Bonchev–Trinajstić information content (AvgIpc) is 2.90. The van der Waals surface area contributed by atoms with Crippen LogP contribution in [0.3, 0.4) is 0 Å². The topological polar surface area (TPSA) is 77.7 Å². The van der Waals surface area contributed by atoms with Crippen molar-refractivity contribution in [1.29, 1.82) is 0 Å². The summed E-state index contributed by atoms with van der Waals surface area (Å²) in [7, 11) is 3.15. The van der Waals surface area contributed by atoms with Crippen molar-refractivity contribution in [2.75, 3.05) is 14.2 Å². The van der Waals surface area contributed by atoms with Crippen molar-refractivity contribution in [3.05, 3.63) is 41.2 Å². The van der Waals surface area contributed by atoms with Crippen LogP contribution in [-0.2, 0) is 11.3 Å². The lowest BCUT2D eigenvalue weighted by Gasteiger charge is -2.07. The quantitative estimate of drug-likeness (QED) is 0.623. The average molecular weight is 330 g/mol. The van der Waals surface area contributed by atoms with Gasteiger partial charge in [-0.05, 0) is 43.7 Å². The lowest BCUT2D eigenvalue weighted by atomic mass is 10.2. The van der Waals surface area contributed by atoms with Crippen LogP contribution < -0.4 is 14.9 Å². The molecule has 1 aromatic heterocycles. The van der Waals surface area contributed by atoms with Crippen LogP contribution in [0.1, 0.15) is 23.4 Å². The fourth-order valence-electron chi connectivity index (χ4n) is 2.28. The summed E-state index contributed by atoms with van der Waals surface area (Å²) in [5, 5.41) is 8.28. The minimum Gasteiger partial charge on any atom is -0.493 e. The van der Waals surface area contributed by atoms with Gasteiger partial charge in [-0.2, -0.15) is 10.2 Å². The number of benzene rings is 1. The standard InChI is InChI=1S/C17H22N4O3/c1-12-9-13(2)21(20-12)8-7-17(22)19-18-11-14-5-6-15(23-3)16(10-14)24-4/h5-6,9-11H,7-8H2,1-4H3,(H,19,22)/b18-11-. The molecule has 0 fully saturated rings. The predicted octanol–water partition coefficient (Wildman–Crippen LogP) is 2.06. The first-order valence-electron chi connectivity index (χ1n) is 7.58. The molecule has 0 aliphatic rings. The second kappa shape index (κ2) is 8.14. The fraction of sp³-hybridized carbons (Fsp3) is 0.353. The van der Waals surface area contributed by atoms with E-state index in [4.69, 9.17) is 9.47 Å². The first-order valence-corrected chi connectivity index (χ1v) is 7.58. The minimum atomic E-state index is -0.167. The van der Waals surface area contributed by atoms with Crippen LogP contribution in [0.25, 0.3) is 0 Å². The summed E-state index contributed by atoms with van der Waals surface area (Å²) >= 11 is 0. The van der Waals surface area contributed by atoms with Gasteiger partial charge in [-0.1, -0.05) is 0 Å². The second-order valence-corrected chi connectivity index (χ2v) is 5.31. The van der Waals surface area contributed by atoms with E-state index in [-0.39, 0.29) is 5.91 Å². The Morgan fingerprint density at radius 2 is 2.00 bits per heavy atom. The molecule has 1 amide bonds. The summed E-state index contributed by atoms with van der Waals surface area (Å²) in [5.41, 5.74) is 5.29. The Balaban J connectivity index is 1.87. The zero-order valence-corrected chi connectivity index (χ0v) is 14.4. The van der Waals surface area contributed by atoms with Gasteiger partial charge in [0, 0.05) is 12.1 Å². The molecule has 2 rings (SSSR count). The Morgan fingerprint density at radius 1 is 1.25 bits per heavy atom. The van der Waals surface area contributed by atoms with Crippen molar-refractivity contribution >= 4 is 12.1 Å². The maximum absolute atomic E-state index is 11.8. The van der Waals surface area contributed by atoms with E-state index in [2.05, 4.69) is 15.6 Å². The first kappa shape index (κ1) is 17.5. The number of ether oxygens (including phenoxy) is 2. The number of hydrogen-bond acceptors (Lipinski definition) is 5. The Bertz CT molecular complexity index is 737. The molecule has 0 aliphatic carbocycles. The van der Waals surface area contributed by atoms with Crippen LogP contribution in [0.5, 0.6) is 11.5 Å². The van der Waals surface area contributed by atoms with E-state index in [0.717, 1.165) is 17.0 Å². The maximum Gasteiger partial charge on any atom is 0.241 e. The highest BCUT2D eigenvalue weighted by atomic mass is 16.5. The summed E-state index contributed by atoms with van der Waals surface area (Å²) < 4.78 is 12.2. The fourth-order valence-corrected chi connectivity index (χ4v) is 2.28. The van der Waals surface area contributed by atoms with Crippen LogP contribution in [0.15, 0.2) is 29.4 Å². The van der Waals surface area contributed by atoms with E-state index in [1.54, 1.807) is 32.6 Å². The molecule has 0 radical (unpaired) electrons. The van der Waals surface area contributed by atoms with Crippen LogP contribution in [-0.4, -0.2) is 36.1 Å². The molecule has 1 N–H and O–H groups in total. The molecule has 1 aromatic carbocycles. The number of nitrogens with zero attached hydrogens (tertiary/aromatic N) is 3. The Labute approximate surface area is 141 Å². The van der Waals surface area contributed by atoms with Crippen molar-refractivity contribution in [1.82, 2.24) is 15.2 Å². The molecular formula is C17H22N4O3. The van der Waals surface area contributed by atoms with Crippen molar-refractivity contribution in [3.63, 3.8) is 0 Å². The first-order chi connectivity index (χ1) is 11.5. The van der Waals surface area contributed by atoms with E-state index in [1.807, 2.05) is 30.7 Å². The van der Waals surface area contributed by atoms with Gasteiger partial charge in [-0.25, -0.2) is 5.43 Å². The number of rotatable bonds is 7. The number of aromatic nitrogens is 2. The summed E-state index contributed by atoms with van der Waals surface area (Å²) in [6.45, 7) is 4.42. The van der Waals surface area contributed by atoms with Crippen LogP contribution in [0, 0.1) is 13.8 Å². The molecule has 0 bridgehead atoms. The second-order valence-electron chi connectivity index (χ2n) is 5.31. The normalized spacial score (nSPS) is 10.8.